The van der Waals surface area contributed by atoms with E-state index in [9.17, 15) is 0 Å². The van der Waals surface area contributed by atoms with E-state index < -0.39 is 0 Å². The zero-order valence-corrected chi connectivity index (χ0v) is 13.1. The lowest BCUT2D eigenvalue weighted by Gasteiger charge is -2.27. The molecule has 2 atom stereocenters. The van der Waals surface area contributed by atoms with Crippen molar-refractivity contribution in [3.63, 3.8) is 0 Å². The van der Waals surface area contributed by atoms with Gasteiger partial charge in [-0.2, -0.15) is 15.0 Å². The SMILES string of the molecule is CCCNc1nc(NC2CC2C)nc(N2CCCCC2)n1. The minimum atomic E-state index is 0.528. The summed E-state index contributed by atoms with van der Waals surface area (Å²) < 4.78 is 0. The van der Waals surface area contributed by atoms with Gasteiger partial charge in [0, 0.05) is 25.7 Å². The van der Waals surface area contributed by atoms with Crippen LogP contribution in [0.1, 0.15) is 46.0 Å². The summed E-state index contributed by atoms with van der Waals surface area (Å²) in [5.74, 6) is 2.97. The quantitative estimate of drug-likeness (QED) is 0.839. The molecule has 0 bridgehead atoms. The van der Waals surface area contributed by atoms with Crippen LogP contribution in [0.4, 0.5) is 17.8 Å². The Morgan fingerprint density at radius 2 is 1.81 bits per heavy atom. The van der Waals surface area contributed by atoms with Crippen molar-refractivity contribution in [2.45, 2.75) is 52.0 Å². The summed E-state index contributed by atoms with van der Waals surface area (Å²) in [7, 11) is 0. The summed E-state index contributed by atoms with van der Waals surface area (Å²) in [6.07, 6.45) is 6.04. The number of anilines is 3. The van der Waals surface area contributed by atoms with Crippen molar-refractivity contribution < 1.29 is 0 Å². The van der Waals surface area contributed by atoms with Crippen molar-refractivity contribution in [2.75, 3.05) is 35.2 Å². The Bertz CT molecular complexity index is 471. The monoisotopic (exact) mass is 290 g/mol. The Morgan fingerprint density at radius 1 is 1.10 bits per heavy atom. The lowest BCUT2D eigenvalue weighted by Crippen LogP contribution is -2.31. The van der Waals surface area contributed by atoms with Gasteiger partial charge < -0.3 is 15.5 Å². The van der Waals surface area contributed by atoms with E-state index in [1.807, 2.05) is 0 Å². The third-order valence-corrected chi connectivity index (χ3v) is 4.22. The molecule has 2 fully saturated rings. The van der Waals surface area contributed by atoms with Gasteiger partial charge in [0.15, 0.2) is 0 Å². The number of nitrogens with one attached hydrogen (secondary N) is 2. The minimum absolute atomic E-state index is 0.528. The van der Waals surface area contributed by atoms with Gasteiger partial charge in [-0.1, -0.05) is 13.8 Å². The number of nitrogens with zero attached hydrogens (tertiary/aromatic N) is 4. The van der Waals surface area contributed by atoms with Crippen LogP contribution in [0.25, 0.3) is 0 Å². The van der Waals surface area contributed by atoms with Crippen LogP contribution in [0.15, 0.2) is 0 Å². The van der Waals surface area contributed by atoms with E-state index >= 15 is 0 Å². The van der Waals surface area contributed by atoms with Crippen molar-refractivity contribution in [1.29, 1.82) is 0 Å². The van der Waals surface area contributed by atoms with E-state index in [0.29, 0.717) is 12.0 Å². The summed E-state index contributed by atoms with van der Waals surface area (Å²) in [5, 5.41) is 6.72. The molecule has 1 saturated heterocycles. The molecule has 1 aromatic heterocycles. The normalized spacial score (nSPS) is 24.8. The topological polar surface area (TPSA) is 66.0 Å². The van der Waals surface area contributed by atoms with E-state index in [-0.39, 0.29) is 0 Å². The fourth-order valence-corrected chi connectivity index (χ4v) is 2.67. The summed E-state index contributed by atoms with van der Waals surface area (Å²) >= 11 is 0. The molecule has 6 nitrogen and oxygen atoms in total. The van der Waals surface area contributed by atoms with Crippen molar-refractivity contribution in [1.82, 2.24) is 15.0 Å². The summed E-state index contributed by atoms with van der Waals surface area (Å²) in [6, 6.07) is 0.528. The highest BCUT2D eigenvalue weighted by molar-refractivity contribution is 5.45. The zero-order valence-electron chi connectivity index (χ0n) is 13.1. The van der Waals surface area contributed by atoms with Crippen molar-refractivity contribution in [3.05, 3.63) is 0 Å². The first-order valence-electron chi connectivity index (χ1n) is 8.27. The van der Waals surface area contributed by atoms with E-state index in [1.165, 1.54) is 25.7 Å². The van der Waals surface area contributed by atoms with Gasteiger partial charge in [0.25, 0.3) is 0 Å². The Labute approximate surface area is 126 Å². The molecular weight excluding hydrogens is 264 g/mol. The molecule has 1 aromatic rings. The summed E-state index contributed by atoms with van der Waals surface area (Å²) in [5.41, 5.74) is 0. The number of rotatable bonds is 6. The molecule has 0 aromatic carbocycles. The van der Waals surface area contributed by atoms with Gasteiger partial charge in [0.1, 0.15) is 0 Å². The number of hydrogen-bond donors (Lipinski definition) is 2. The second-order valence-corrected chi connectivity index (χ2v) is 6.22. The van der Waals surface area contributed by atoms with E-state index in [0.717, 1.165) is 43.9 Å². The maximum atomic E-state index is 4.63. The smallest absolute Gasteiger partial charge is 0.231 e. The van der Waals surface area contributed by atoms with Gasteiger partial charge in [-0.15, -0.1) is 0 Å². The fourth-order valence-electron chi connectivity index (χ4n) is 2.67. The maximum absolute atomic E-state index is 4.63. The third kappa shape index (κ3) is 3.74. The molecule has 2 unspecified atom stereocenters. The Kier molecular flexibility index (Phi) is 4.41. The highest BCUT2D eigenvalue weighted by atomic mass is 15.3. The molecule has 21 heavy (non-hydrogen) atoms. The van der Waals surface area contributed by atoms with Gasteiger partial charge in [-0.3, -0.25) is 0 Å². The molecule has 6 heteroatoms. The van der Waals surface area contributed by atoms with E-state index in [1.54, 1.807) is 0 Å². The van der Waals surface area contributed by atoms with E-state index in [4.69, 9.17) is 0 Å². The first-order chi connectivity index (χ1) is 10.3. The molecule has 0 spiro atoms. The van der Waals surface area contributed by atoms with Crippen LogP contribution in [0.3, 0.4) is 0 Å². The molecule has 0 radical (unpaired) electrons. The van der Waals surface area contributed by atoms with Crippen molar-refractivity contribution in [2.24, 2.45) is 5.92 Å². The van der Waals surface area contributed by atoms with Crippen LogP contribution >= 0.6 is 0 Å². The first-order valence-corrected chi connectivity index (χ1v) is 8.27. The number of aromatic nitrogens is 3. The second-order valence-electron chi connectivity index (χ2n) is 6.22. The lowest BCUT2D eigenvalue weighted by molar-refractivity contribution is 0.567. The lowest BCUT2D eigenvalue weighted by atomic mass is 10.1. The van der Waals surface area contributed by atoms with Crippen molar-refractivity contribution in [3.8, 4) is 0 Å². The zero-order chi connectivity index (χ0) is 14.7. The van der Waals surface area contributed by atoms with Gasteiger partial charge in [-0.05, 0) is 38.0 Å². The van der Waals surface area contributed by atoms with Gasteiger partial charge in [0.2, 0.25) is 17.8 Å². The first kappa shape index (κ1) is 14.4. The maximum Gasteiger partial charge on any atom is 0.231 e. The molecule has 3 rings (SSSR count). The Balaban J connectivity index is 1.77. The molecule has 116 valence electrons. The van der Waals surface area contributed by atoms with Gasteiger partial charge in [-0.25, -0.2) is 0 Å². The highest BCUT2D eigenvalue weighted by Crippen LogP contribution is 2.32. The molecule has 1 aliphatic carbocycles. The van der Waals surface area contributed by atoms with E-state index in [2.05, 4.69) is 44.3 Å². The van der Waals surface area contributed by atoms with Crippen LogP contribution in [0, 0.1) is 5.92 Å². The molecule has 1 aliphatic heterocycles. The molecule has 2 heterocycles. The molecule has 0 amide bonds. The fraction of sp³-hybridized carbons (Fsp3) is 0.800. The predicted octanol–water partition coefficient (Wildman–Crippen LogP) is 2.50. The Hall–Kier alpha value is -1.59. The second kappa shape index (κ2) is 6.45. The average Bonchev–Trinajstić information content (AvgIpc) is 3.21. The standard InChI is InChI=1S/C15H26N6/c1-3-7-16-13-18-14(17-12-10-11(12)2)20-15(19-13)21-8-5-4-6-9-21/h11-12H,3-10H2,1-2H3,(H2,16,17,18,19,20). The van der Waals surface area contributed by atoms with Crippen LogP contribution < -0.4 is 15.5 Å². The molecule has 2 aliphatic rings. The van der Waals surface area contributed by atoms with Crippen LogP contribution in [0.5, 0.6) is 0 Å². The van der Waals surface area contributed by atoms with Gasteiger partial charge >= 0.3 is 0 Å². The highest BCUT2D eigenvalue weighted by Gasteiger charge is 2.33. The minimum Gasteiger partial charge on any atom is -0.354 e. The largest absolute Gasteiger partial charge is 0.354 e. The van der Waals surface area contributed by atoms with Crippen LogP contribution in [-0.4, -0.2) is 40.6 Å². The average molecular weight is 290 g/mol. The Morgan fingerprint density at radius 3 is 2.48 bits per heavy atom. The third-order valence-electron chi connectivity index (χ3n) is 4.22. The summed E-state index contributed by atoms with van der Waals surface area (Å²) in [4.78, 5) is 16.0. The molecular formula is C15H26N6. The molecule has 2 N–H and O–H groups in total. The predicted molar refractivity (Wildman–Crippen MR) is 85.9 cm³/mol. The number of piperidine rings is 1. The van der Waals surface area contributed by atoms with Crippen LogP contribution in [0.2, 0.25) is 0 Å². The van der Waals surface area contributed by atoms with Crippen LogP contribution in [-0.2, 0) is 0 Å². The van der Waals surface area contributed by atoms with Gasteiger partial charge in [0.05, 0.1) is 0 Å². The summed E-state index contributed by atoms with van der Waals surface area (Å²) in [6.45, 7) is 7.39. The molecule has 1 saturated carbocycles. The van der Waals surface area contributed by atoms with Crippen molar-refractivity contribution >= 4 is 17.8 Å². The number of hydrogen-bond acceptors (Lipinski definition) is 6.